The maximum atomic E-state index is 12.7. The molecule has 1 heterocycles. The molecule has 0 saturated carbocycles. The summed E-state index contributed by atoms with van der Waals surface area (Å²) in [6.45, 7) is 7.74. The minimum Gasteiger partial charge on any atom is -0.488 e. The normalized spacial score (nSPS) is 17.3. The van der Waals surface area contributed by atoms with Crippen LogP contribution in [0.15, 0.2) is 53.0 Å². The van der Waals surface area contributed by atoms with Gasteiger partial charge in [-0.1, -0.05) is 46.3 Å². The minimum atomic E-state index is -0.0688. The Kier molecular flexibility index (Phi) is 6.91. The van der Waals surface area contributed by atoms with E-state index in [2.05, 4.69) is 40.0 Å². The molecule has 1 aliphatic heterocycles. The number of nitrogens with one attached hydrogen (secondary N) is 1. The van der Waals surface area contributed by atoms with Crippen LogP contribution in [0, 0.1) is 5.92 Å². The Bertz CT molecular complexity index is 778. The molecule has 0 aliphatic carbocycles. The molecule has 2 aromatic rings. The first kappa shape index (κ1) is 19.9. The number of benzene rings is 2. The third kappa shape index (κ3) is 5.33. The van der Waals surface area contributed by atoms with Crippen LogP contribution in [0.1, 0.15) is 36.2 Å². The Hall–Kier alpha value is -1.85. The van der Waals surface area contributed by atoms with Crippen molar-refractivity contribution in [1.82, 2.24) is 10.2 Å². The predicted molar refractivity (Wildman–Crippen MR) is 112 cm³/mol. The second-order valence-electron chi connectivity index (χ2n) is 7.33. The molecule has 0 spiro atoms. The third-order valence-corrected chi connectivity index (χ3v) is 5.85. The van der Waals surface area contributed by atoms with E-state index >= 15 is 0 Å². The Labute approximate surface area is 170 Å². The van der Waals surface area contributed by atoms with Crippen molar-refractivity contribution in [2.75, 3.05) is 19.6 Å². The van der Waals surface area contributed by atoms with Crippen LogP contribution in [-0.2, 0) is 6.61 Å². The number of nitrogens with zero attached hydrogens (tertiary/aromatic N) is 1. The van der Waals surface area contributed by atoms with Gasteiger partial charge in [0.25, 0.3) is 5.91 Å². The lowest BCUT2D eigenvalue weighted by atomic mass is 10.1. The van der Waals surface area contributed by atoms with Crippen molar-refractivity contribution in [2.45, 2.75) is 32.9 Å². The maximum absolute atomic E-state index is 12.7. The van der Waals surface area contributed by atoms with Gasteiger partial charge >= 0.3 is 0 Å². The summed E-state index contributed by atoms with van der Waals surface area (Å²) in [5.41, 5.74) is 1.63. The van der Waals surface area contributed by atoms with E-state index in [9.17, 15) is 4.79 Å². The van der Waals surface area contributed by atoms with E-state index < -0.39 is 0 Å². The third-order valence-electron chi connectivity index (χ3n) is 5.07. The fourth-order valence-electron chi connectivity index (χ4n) is 3.38. The van der Waals surface area contributed by atoms with Crippen LogP contribution < -0.4 is 10.1 Å². The molecule has 1 atom stereocenters. The molecule has 3 rings (SSSR count). The Morgan fingerprint density at radius 2 is 1.96 bits per heavy atom. The van der Waals surface area contributed by atoms with E-state index in [0.717, 1.165) is 29.5 Å². The number of carbonyl (C=O) groups excluding carboxylic acids is 1. The quantitative estimate of drug-likeness (QED) is 0.703. The number of hydrogen-bond donors (Lipinski definition) is 1. The number of rotatable bonds is 7. The van der Waals surface area contributed by atoms with Gasteiger partial charge in [-0.15, -0.1) is 0 Å². The maximum Gasteiger partial charge on any atom is 0.255 e. The first-order valence-electron chi connectivity index (χ1n) is 9.52. The fraction of sp³-hybridized carbons (Fsp3) is 0.409. The lowest BCUT2D eigenvalue weighted by molar-refractivity contribution is 0.0942. The average Bonchev–Trinajstić information content (AvgIpc) is 3.15. The number of halogens is 1. The van der Waals surface area contributed by atoms with Gasteiger partial charge in [0.15, 0.2) is 0 Å². The van der Waals surface area contributed by atoms with E-state index in [1.54, 1.807) is 0 Å². The van der Waals surface area contributed by atoms with Crippen molar-refractivity contribution in [2.24, 2.45) is 5.92 Å². The number of carbonyl (C=O) groups is 1. The summed E-state index contributed by atoms with van der Waals surface area (Å²) in [5, 5.41) is 3.10. The number of ether oxygens (including phenoxy) is 1. The molecule has 0 aromatic heterocycles. The van der Waals surface area contributed by atoms with Gasteiger partial charge in [-0.2, -0.15) is 0 Å². The van der Waals surface area contributed by atoms with Crippen LogP contribution in [0.3, 0.4) is 0 Å². The summed E-state index contributed by atoms with van der Waals surface area (Å²) in [7, 11) is 0. The molecule has 1 aliphatic rings. The first-order chi connectivity index (χ1) is 13.0. The lowest BCUT2D eigenvalue weighted by Crippen LogP contribution is -2.33. The average molecular weight is 431 g/mol. The summed E-state index contributed by atoms with van der Waals surface area (Å²) < 4.78 is 6.95. The molecular formula is C22H27BrN2O2. The van der Waals surface area contributed by atoms with Crippen LogP contribution in [-0.4, -0.2) is 36.5 Å². The summed E-state index contributed by atoms with van der Waals surface area (Å²) in [4.78, 5) is 15.2. The standard InChI is InChI=1S/C22H27BrN2O2/c1-16(2)25-12-11-17(14-25)13-24-22(26)19-8-4-6-10-21(19)27-15-18-7-3-5-9-20(18)23/h3-10,16-17H,11-15H2,1-2H3,(H,24,26). The topological polar surface area (TPSA) is 41.6 Å². The minimum absolute atomic E-state index is 0.0688. The van der Waals surface area contributed by atoms with Gasteiger partial charge in [0.2, 0.25) is 0 Å². The van der Waals surface area contributed by atoms with Crippen molar-refractivity contribution in [3.8, 4) is 5.75 Å². The van der Waals surface area contributed by atoms with Crippen LogP contribution in [0.2, 0.25) is 0 Å². The zero-order valence-corrected chi connectivity index (χ0v) is 17.5. The molecule has 1 amide bonds. The highest BCUT2D eigenvalue weighted by atomic mass is 79.9. The largest absolute Gasteiger partial charge is 0.488 e. The molecule has 4 nitrogen and oxygen atoms in total. The van der Waals surface area contributed by atoms with Gasteiger partial charge in [-0.25, -0.2) is 0 Å². The Balaban J connectivity index is 1.58. The van der Waals surface area contributed by atoms with Crippen LogP contribution in [0.5, 0.6) is 5.75 Å². The first-order valence-corrected chi connectivity index (χ1v) is 10.3. The highest BCUT2D eigenvalue weighted by Gasteiger charge is 2.24. The highest BCUT2D eigenvalue weighted by Crippen LogP contribution is 2.23. The van der Waals surface area contributed by atoms with E-state index in [-0.39, 0.29) is 5.91 Å². The van der Waals surface area contributed by atoms with Crippen molar-refractivity contribution in [1.29, 1.82) is 0 Å². The van der Waals surface area contributed by atoms with Gasteiger partial charge in [0, 0.05) is 29.2 Å². The molecule has 144 valence electrons. The van der Waals surface area contributed by atoms with Gasteiger partial charge in [-0.3, -0.25) is 4.79 Å². The summed E-state index contributed by atoms with van der Waals surface area (Å²) in [6, 6.07) is 15.9. The number of amides is 1. The summed E-state index contributed by atoms with van der Waals surface area (Å²) in [6.07, 6.45) is 1.14. The van der Waals surface area contributed by atoms with Crippen molar-refractivity contribution in [3.05, 3.63) is 64.1 Å². The number of para-hydroxylation sites is 1. The van der Waals surface area contributed by atoms with E-state index in [0.29, 0.717) is 36.4 Å². The lowest BCUT2D eigenvalue weighted by Gasteiger charge is -2.20. The van der Waals surface area contributed by atoms with Crippen molar-refractivity contribution in [3.63, 3.8) is 0 Å². The fourth-order valence-corrected chi connectivity index (χ4v) is 3.78. The number of likely N-dealkylation sites (tertiary alicyclic amines) is 1. The predicted octanol–water partition coefficient (Wildman–Crippen LogP) is 4.49. The Morgan fingerprint density at radius 1 is 1.22 bits per heavy atom. The zero-order valence-electron chi connectivity index (χ0n) is 16.0. The van der Waals surface area contributed by atoms with Crippen LogP contribution >= 0.6 is 15.9 Å². The zero-order chi connectivity index (χ0) is 19.2. The SMILES string of the molecule is CC(C)N1CCC(CNC(=O)c2ccccc2OCc2ccccc2Br)C1. The van der Waals surface area contributed by atoms with Crippen molar-refractivity contribution < 1.29 is 9.53 Å². The van der Waals surface area contributed by atoms with Crippen molar-refractivity contribution >= 4 is 21.8 Å². The summed E-state index contributed by atoms with van der Waals surface area (Å²) in [5.74, 6) is 1.06. The Morgan fingerprint density at radius 3 is 2.70 bits per heavy atom. The van der Waals surface area contributed by atoms with Crippen LogP contribution in [0.25, 0.3) is 0 Å². The molecular weight excluding hydrogens is 404 g/mol. The monoisotopic (exact) mass is 430 g/mol. The molecule has 1 N–H and O–H groups in total. The molecule has 2 aromatic carbocycles. The van der Waals surface area contributed by atoms with E-state index in [1.807, 2.05) is 48.5 Å². The summed E-state index contributed by atoms with van der Waals surface area (Å²) >= 11 is 3.53. The molecule has 1 saturated heterocycles. The van der Waals surface area contributed by atoms with Gasteiger partial charge in [0.05, 0.1) is 5.56 Å². The smallest absolute Gasteiger partial charge is 0.255 e. The van der Waals surface area contributed by atoms with Gasteiger partial charge < -0.3 is 15.0 Å². The second kappa shape index (κ2) is 9.38. The molecule has 0 bridgehead atoms. The number of hydrogen-bond acceptors (Lipinski definition) is 3. The highest BCUT2D eigenvalue weighted by molar-refractivity contribution is 9.10. The van der Waals surface area contributed by atoms with E-state index in [1.165, 1.54) is 0 Å². The van der Waals surface area contributed by atoms with Gasteiger partial charge in [0.1, 0.15) is 12.4 Å². The van der Waals surface area contributed by atoms with Crippen LogP contribution in [0.4, 0.5) is 0 Å². The molecule has 1 fully saturated rings. The molecule has 5 heteroatoms. The molecule has 0 radical (unpaired) electrons. The van der Waals surface area contributed by atoms with E-state index in [4.69, 9.17) is 4.74 Å². The molecule has 1 unspecified atom stereocenters. The van der Waals surface area contributed by atoms with Gasteiger partial charge in [-0.05, 0) is 50.9 Å². The second-order valence-corrected chi connectivity index (χ2v) is 8.18. The molecule has 27 heavy (non-hydrogen) atoms.